The van der Waals surface area contributed by atoms with Crippen molar-refractivity contribution in [3.8, 4) is 0 Å². The summed E-state index contributed by atoms with van der Waals surface area (Å²) in [6.45, 7) is 8.08. The predicted octanol–water partition coefficient (Wildman–Crippen LogP) is 3.29. The molecule has 0 aliphatic heterocycles. The summed E-state index contributed by atoms with van der Waals surface area (Å²) in [6, 6.07) is 0. The van der Waals surface area contributed by atoms with Gasteiger partial charge in [-0.2, -0.15) is 0 Å². The van der Waals surface area contributed by atoms with Gasteiger partial charge in [0.05, 0.1) is 0 Å². The summed E-state index contributed by atoms with van der Waals surface area (Å²) in [6.07, 6.45) is 10.1. The van der Waals surface area contributed by atoms with Crippen LogP contribution in [0.4, 0.5) is 0 Å². The van der Waals surface area contributed by atoms with Crippen molar-refractivity contribution in [2.24, 2.45) is 11.3 Å². The highest BCUT2D eigenvalue weighted by Gasteiger charge is 2.27. The van der Waals surface area contributed by atoms with Crippen molar-refractivity contribution in [1.29, 1.82) is 0 Å². The Bertz CT molecular complexity index is 316. The van der Waals surface area contributed by atoms with Gasteiger partial charge in [0.1, 0.15) is 0 Å². The van der Waals surface area contributed by atoms with Gasteiger partial charge >= 0.3 is 0 Å². The molecule has 0 heterocycles. The van der Waals surface area contributed by atoms with Crippen LogP contribution in [0.1, 0.15) is 27.7 Å². The zero-order chi connectivity index (χ0) is 10.8. The third kappa shape index (κ3) is 2.44. The van der Waals surface area contributed by atoms with Gasteiger partial charge in [0.2, 0.25) is 0 Å². The average Bonchev–Trinajstić information content (AvgIpc) is 2.01. The summed E-state index contributed by atoms with van der Waals surface area (Å²) in [5.74, 6) is 0.458. The lowest BCUT2D eigenvalue weighted by molar-refractivity contribution is -0.112. The zero-order valence-electron chi connectivity index (χ0n) is 9.37. The first-order chi connectivity index (χ1) is 6.43. The van der Waals surface area contributed by atoms with E-state index in [1.54, 1.807) is 13.0 Å². The van der Waals surface area contributed by atoms with E-state index in [0.717, 1.165) is 0 Å². The molecule has 0 aromatic heterocycles. The molecule has 0 spiro atoms. The Morgan fingerprint density at radius 2 is 2.14 bits per heavy atom. The van der Waals surface area contributed by atoms with Crippen LogP contribution in [0.3, 0.4) is 0 Å². The summed E-state index contributed by atoms with van der Waals surface area (Å²) >= 11 is 0. The molecule has 1 rings (SSSR count). The third-order valence-corrected chi connectivity index (χ3v) is 2.70. The molecule has 0 radical (unpaired) electrons. The number of ketones is 1. The summed E-state index contributed by atoms with van der Waals surface area (Å²) < 4.78 is 0. The fourth-order valence-corrected chi connectivity index (χ4v) is 1.87. The van der Waals surface area contributed by atoms with Gasteiger partial charge in [-0.3, -0.25) is 4.79 Å². The van der Waals surface area contributed by atoms with E-state index in [2.05, 4.69) is 39.0 Å². The molecule has 14 heavy (non-hydrogen) atoms. The Kier molecular flexibility index (Phi) is 3.10. The van der Waals surface area contributed by atoms with Gasteiger partial charge in [0, 0.05) is 5.92 Å². The standard InChI is InChI=1S/C13H18O/c1-10-6-5-9-13(3,4)12(10)8-7-11(2)14/h5-9,12H,1-4H3. The van der Waals surface area contributed by atoms with Crippen LogP contribution >= 0.6 is 0 Å². The number of hydrogen-bond donors (Lipinski definition) is 0. The van der Waals surface area contributed by atoms with E-state index >= 15 is 0 Å². The van der Waals surface area contributed by atoms with Crippen molar-refractivity contribution >= 4 is 5.78 Å². The van der Waals surface area contributed by atoms with Crippen LogP contribution in [-0.2, 0) is 4.79 Å². The van der Waals surface area contributed by atoms with Crippen LogP contribution in [0.2, 0.25) is 0 Å². The first-order valence-electron chi connectivity index (χ1n) is 4.98. The monoisotopic (exact) mass is 190 g/mol. The Balaban J connectivity index is 2.90. The van der Waals surface area contributed by atoms with Gasteiger partial charge in [-0.1, -0.05) is 43.7 Å². The lowest BCUT2D eigenvalue weighted by atomic mass is 9.72. The van der Waals surface area contributed by atoms with Crippen LogP contribution in [0.25, 0.3) is 0 Å². The molecule has 0 bridgehead atoms. The lowest BCUT2D eigenvalue weighted by Crippen LogP contribution is -2.23. The number of allylic oxidation sites excluding steroid dienone is 6. The Morgan fingerprint density at radius 3 is 2.64 bits per heavy atom. The zero-order valence-corrected chi connectivity index (χ0v) is 9.37. The lowest BCUT2D eigenvalue weighted by Gasteiger charge is -2.32. The van der Waals surface area contributed by atoms with Crippen molar-refractivity contribution < 1.29 is 4.79 Å². The Hall–Kier alpha value is -1.11. The smallest absolute Gasteiger partial charge is 0.152 e. The van der Waals surface area contributed by atoms with Gasteiger partial charge < -0.3 is 0 Å². The molecule has 1 heteroatoms. The maximum Gasteiger partial charge on any atom is 0.152 e. The van der Waals surface area contributed by atoms with Crippen molar-refractivity contribution in [1.82, 2.24) is 0 Å². The average molecular weight is 190 g/mol. The van der Waals surface area contributed by atoms with Crippen molar-refractivity contribution in [2.45, 2.75) is 27.7 Å². The summed E-state index contributed by atoms with van der Waals surface area (Å²) in [5, 5.41) is 0. The number of hydrogen-bond acceptors (Lipinski definition) is 1. The quantitative estimate of drug-likeness (QED) is 0.611. The molecule has 0 fully saturated rings. The molecule has 1 aliphatic rings. The molecule has 0 saturated heterocycles. The van der Waals surface area contributed by atoms with E-state index in [0.29, 0.717) is 5.92 Å². The molecule has 1 aliphatic carbocycles. The molecule has 1 atom stereocenters. The molecule has 0 N–H and O–H groups in total. The third-order valence-electron chi connectivity index (χ3n) is 2.70. The van der Waals surface area contributed by atoms with Crippen LogP contribution in [0.15, 0.2) is 36.0 Å². The molecule has 76 valence electrons. The highest BCUT2D eigenvalue weighted by Crippen LogP contribution is 2.37. The molecule has 0 aromatic rings. The molecule has 1 nitrogen and oxygen atoms in total. The summed E-state index contributed by atoms with van der Waals surface area (Å²) in [7, 11) is 0. The van der Waals surface area contributed by atoms with Gasteiger partial charge in [-0.25, -0.2) is 0 Å². The van der Waals surface area contributed by atoms with E-state index in [-0.39, 0.29) is 11.2 Å². The molecular weight excluding hydrogens is 172 g/mol. The summed E-state index contributed by atoms with van der Waals surface area (Å²) in [5.41, 5.74) is 1.43. The molecule has 1 unspecified atom stereocenters. The Morgan fingerprint density at radius 1 is 1.50 bits per heavy atom. The highest BCUT2D eigenvalue weighted by atomic mass is 16.1. The van der Waals surface area contributed by atoms with E-state index in [9.17, 15) is 4.79 Å². The van der Waals surface area contributed by atoms with Crippen LogP contribution in [-0.4, -0.2) is 5.78 Å². The van der Waals surface area contributed by atoms with Gasteiger partial charge in [-0.15, -0.1) is 0 Å². The fourth-order valence-electron chi connectivity index (χ4n) is 1.87. The minimum atomic E-state index is 0.114. The normalized spacial score (nSPS) is 25.1. The second kappa shape index (κ2) is 3.95. The Labute approximate surface area is 86.2 Å². The molecular formula is C13H18O. The summed E-state index contributed by atoms with van der Waals surface area (Å²) in [4.78, 5) is 10.9. The molecule has 0 saturated carbocycles. The highest BCUT2D eigenvalue weighted by molar-refractivity contribution is 5.87. The topological polar surface area (TPSA) is 17.1 Å². The van der Waals surface area contributed by atoms with E-state index in [4.69, 9.17) is 0 Å². The second-order valence-corrected chi connectivity index (χ2v) is 4.54. The van der Waals surface area contributed by atoms with E-state index in [1.165, 1.54) is 5.57 Å². The molecule has 0 aromatic carbocycles. The predicted molar refractivity (Wildman–Crippen MR) is 60.0 cm³/mol. The maximum absolute atomic E-state index is 10.9. The largest absolute Gasteiger partial charge is 0.295 e. The van der Waals surface area contributed by atoms with Crippen molar-refractivity contribution in [3.63, 3.8) is 0 Å². The number of rotatable bonds is 2. The number of carbonyl (C=O) groups is 1. The minimum Gasteiger partial charge on any atom is -0.295 e. The number of carbonyl (C=O) groups excluding carboxylic acids is 1. The van der Waals surface area contributed by atoms with E-state index < -0.39 is 0 Å². The SMILES string of the molecule is CC(=O)C=CC1C(C)=CC=CC1(C)C. The van der Waals surface area contributed by atoms with Crippen LogP contribution in [0, 0.1) is 11.3 Å². The van der Waals surface area contributed by atoms with E-state index in [1.807, 2.05) is 6.08 Å². The molecule has 0 amide bonds. The second-order valence-electron chi connectivity index (χ2n) is 4.54. The van der Waals surface area contributed by atoms with Gasteiger partial charge in [0.15, 0.2) is 5.78 Å². The van der Waals surface area contributed by atoms with Gasteiger partial charge in [0.25, 0.3) is 0 Å². The minimum absolute atomic E-state index is 0.114. The van der Waals surface area contributed by atoms with Gasteiger partial charge in [-0.05, 0) is 25.3 Å². The van der Waals surface area contributed by atoms with Crippen molar-refractivity contribution in [2.75, 3.05) is 0 Å². The fraction of sp³-hybridized carbons (Fsp3) is 0.462. The first kappa shape index (κ1) is 11.0. The van der Waals surface area contributed by atoms with Crippen LogP contribution < -0.4 is 0 Å². The van der Waals surface area contributed by atoms with Crippen LogP contribution in [0.5, 0.6) is 0 Å². The maximum atomic E-state index is 10.9. The first-order valence-corrected chi connectivity index (χ1v) is 4.98. The van der Waals surface area contributed by atoms with Crippen molar-refractivity contribution in [3.05, 3.63) is 36.0 Å².